The molecule has 1 aliphatic heterocycles. The molecule has 4 rings (SSSR count). The molecule has 0 radical (unpaired) electrons. The summed E-state index contributed by atoms with van der Waals surface area (Å²) in [5.41, 5.74) is 0.748. The zero-order valence-corrected chi connectivity index (χ0v) is 17.4. The van der Waals surface area contributed by atoms with Gasteiger partial charge in [-0.1, -0.05) is 5.16 Å². The van der Waals surface area contributed by atoms with Gasteiger partial charge in [-0.3, -0.25) is 10.1 Å². The van der Waals surface area contributed by atoms with Gasteiger partial charge in [-0.2, -0.15) is 9.29 Å². The van der Waals surface area contributed by atoms with Crippen molar-refractivity contribution in [3.8, 4) is 11.4 Å². The van der Waals surface area contributed by atoms with Crippen molar-refractivity contribution in [1.82, 2.24) is 14.4 Å². The van der Waals surface area contributed by atoms with Crippen molar-refractivity contribution in [3.05, 3.63) is 69.9 Å². The van der Waals surface area contributed by atoms with Crippen LogP contribution in [0.25, 0.3) is 11.4 Å². The molecule has 0 bridgehead atoms. The van der Waals surface area contributed by atoms with E-state index in [4.69, 9.17) is 4.52 Å². The third-order valence-electron chi connectivity index (χ3n) is 5.26. The topological polar surface area (TPSA) is 119 Å². The van der Waals surface area contributed by atoms with Gasteiger partial charge in [0, 0.05) is 30.8 Å². The Morgan fingerprint density at radius 3 is 2.65 bits per heavy atom. The molecule has 9 nitrogen and oxygen atoms in total. The van der Waals surface area contributed by atoms with Gasteiger partial charge in [0.05, 0.1) is 15.7 Å². The third kappa shape index (κ3) is 4.19. The normalized spacial score (nSPS) is 17.5. The SMILES string of the molecule is Cc1cc([N+](=O)[O-])ccc1S(=O)(=O)N1CCCC(c2nc(-c3ccc(F)cc3)no2)C1. The van der Waals surface area contributed by atoms with E-state index in [1.54, 1.807) is 12.1 Å². The van der Waals surface area contributed by atoms with Crippen LogP contribution in [-0.4, -0.2) is 40.9 Å². The molecule has 0 spiro atoms. The van der Waals surface area contributed by atoms with Crippen LogP contribution in [0.3, 0.4) is 0 Å². The van der Waals surface area contributed by atoms with Gasteiger partial charge in [0.25, 0.3) is 5.69 Å². The molecule has 1 unspecified atom stereocenters. The molecule has 162 valence electrons. The molecular weight excluding hydrogens is 427 g/mol. The number of nitro groups is 1. The maximum Gasteiger partial charge on any atom is 0.269 e. The first-order valence-electron chi connectivity index (χ1n) is 9.60. The Morgan fingerprint density at radius 1 is 1.23 bits per heavy atom. The van der Waals surface area contributed by atoms with E-state index in [2.05, 4.69) is 10.1 Å². The molecule has 3 aromatic rings. The van der Waals surface area contributed by atoms with Gasteiger partial charge in [-0.05, 0) is 55.7 Å². The standard InChI is InChI=1S/C20H19FN4O5S/c1-13-11-17(25(26)27)8-9-18(13)31(28,29)24-10-2-3-15(12-24)20-22-19(23-30-20)14-4-6-16(21)7-5-14/h4-9,11,15H,2-3,10,12H2,1H3. The number of halogens is 1. The molecule has 1 saturated heterocycles. The van der Waals surface area contributed by atoms with Crippen molar-refractivity contribution < 1.29 is 22.3 Å². The zero-order valence-electron chi connectivity index (χ0n) is 16.6. The van der Waals surface area contributed by atoms with E-state index in [0.29, 0.717) is 42.2 Å². The number of aromatic nitrogens is 2. The fraction of sp³-hybridized carbons (Fsp3) is 0.300. The van der Waals surface area contributed by atoms with Gasteiger partial charge < -0.3 is 4.52 Å². The zero-order chi connectivity index (χ0) is 22.2. The van der Waals surface area contributed by atoms with Crippen molar-refractivity contribution in [3.63, 3.8) is 0 Å². The molecule has 2 heterocycles. The molecule has 0 aliphatic carbocycles. The summed E-state index contributed by atoms with van der Waals surface area (Å²) in [6.45, 7) is 2.02. The number of hydrogen-bond donors (Lipinski definition) is 0. The summed E-state index contributed by atoms with van der Waals surface area (Å²) in [7, 11) is -3.85. The van der Waals surface area contributed by atoms with Crippen LogP contribution in [0.5, 0.6) is 0 Å². The van der Waals surface area contributed by atoms with Gasteiger partial charge in [-0.25, -0.2) is 12.8 Å². The number of sulfonamides is 1. The van der Waals surface area contributed by atoms with Gasteiger partial charge in [-0.15, -0.1) is 0 Å². The minimum atomic E-state index is -3.85. The quantitative estimate of drug-likeness (QED) is 0.433. The molecule has 2 aromatic carbocycles. The lowest BCUT2D eigenvalue weighted by Gasteiger charge is -2.30. The summed E-state index contributed by atoms with van der Waals surface area (Å²) >= 11 is 0. The summed E-state index contributed by atoms with van der Waals surface area (Å²) < 4.78 is 46.2. The smallest absolute Gasteiger partial charge is 0.269 e. The van der Waals surface area contributed by atoms with E-state index >= 15 is 0 Å². The first kappa shape index (κ1) is 21.1. The van der Waals surface area contributed by atoms with Crippen LogP contribution in [0.1, 0.15) is 30.2 Å². The van der Waals surface area contributed by atoms with E-state index in [1.165, 1.54) is 41.6 Å². The molecule has 0 saturated carbocycles. The number of aryl methyl sites for hydroxylation is 1. The van der Waals surface area contributed by atoms with Gasteiger partial charge >= 0.3 is 0 Å². The first-order valence-corrected chi connectivity index (χ1v) is 11.0. The Bertz CT molecular complexity index is 1230. The number of rotatable bonds is 5. The fourth-order valence-electron chi connectivity index (χ4n) is 3.66. The summed E-state index contributed by atoms with van der Waals surface area (Å²) in [5.74, 6) is -0.0356. The second-order valence-electron chi connectivity index (χ2n) is 7.37. The summed E-state index contributed by atoms with van der Waals surface area (Å²) in [5, 5.41) is 14.9. The summed E-state index contributed by atoms with van der Waals surface area (Å²) in [6, 6.07) is 9.39. The minimum absolute atomic E-state index is 0.0382. The lowest BCUT2D eigenvalue weighted by molar-refractivity contribution is -0.385. The number of benzene rings is 2. The predicted octanol–water partition coefficient (Wildman–Crippen LogP) is 3.66. The number of nitrogens with zero attached hydrogens (tertiary/aromatic N) is 4. The average Bonchev–Trinajstić information content (AvgIpc) is 3.24. The Hall–Kier alpha value is -3.18. The van der Waals surface area contributed by atoms with Gasteiger partial charge in [0.15, 0.2) is 0 Å². The van der Waals surface area contributed by atoms with E-state index in [9.17, 15) is 22.9 Å². The number of hydrogen-bond acceptors (Lipinski definition) is 7. The number of nitro benzene ring substituents is 1. The van der Waals surface area contributed by atoms with Crippen LogP contribution in [-0.2, 0) is 10.0 Å². The highest BCUT2D eigenvalue weighted by atomic mass is 32.2. The van der Waals surface area contributed by atoms with Gasteiger partial charge in [0.1, 0.15) is 5.82 Å². The van der Waals surface area contributed by atoms with Crippen LogP contribution in [0, 0.1) is 22.9 Å². The maximum absolute atomic E-state index is 13.2. The maximum atomic E-state index is 13.2. The fourth-order valence-corrected chi connectivity index (χ4v) is 5.38. The van der Waals surface area contributed by atoms with E-state index in [-0.39, 0.29) is 28.9 Å². The van der Waals surface area contributed by atoms with Crippen LogP contribution < -0.4 is 0 Å². The third-order valence-corrected chi connectivity index (χ3v) is 7.29. The van der Waals surface area contributed by atoms with E-state index < -0.39 is 14.9 Å². The second-order valence-corrected chi connectivity index (χ2v) is 9.28. The van der Waals surface area contributed by atoms with E-state index in [1.807, 2.05) is 0 Å². The van der Waals surface area contributed by atoms with Crippen molar-refractivity contribution in [2.75, 3.05) is 13.1 Å². The highest BCUT2D eigenvalue weighted by Crippen LogP contribution is 2.32. The summed E-state index contributed by atoms with van der Waals surface area (Å²) in [6.07, 6.45) is 1.28. The monoisotopic (exact) mass is 446 g/mol. The molecule has 1 atom stereocenters. The Morgan fingerprint density at radius 2 is 1.97 bits per heavy atom. The Kier molecular flexibility index (Phi) is 5.54. The summed E-state index contributed by atoms with van der Waals surface area (Å²) in [4.78, 5) is 14.8. The van der Waals surface area contributed by atoms with Crippen molar-refractivity contribution in [1.29, 1.82) is 0 Å². The first-order chi connectivity index (χ1) is 14.8. The molecule has 1 aliphatic rings. The predicted molar refractivity (Wildman–Crippen MR) is 108 cm³/mol. The lowest BCUT2D eigenvalue weighted by Crippen LogP contribution is -2.39. The largest absolute Gasteiger partial charge is 0.339 e. The lowest BCUT2D eigenvalue weighted by atomic mass is 10.00. The molecule has 1 fully saturated rings. The van der Waals surface area contributed by atoms with Gasteiger partial charge in [0.2, 0.25) is 21.7 Å². The highest BCUT2D eigenvalue weighted by molar-refractivity contribution is 7.89. The highest BCUT2D eigenvalue weighted by Gasteiger charge is 2.34. The van der Waals surface area contributed by atoms with Crippen molar-refractivity contribution >= 4 is 15.7 Å². The van der Waals surface area contributed by atoms with Crippen LogP contribution >= 0.6 is 0 Å². The van der Waals surface area contributed by atoms with Crippen LogP contribution in [0.15, 0.2) is 51.9 Å². The molecular formula is C20H19FN4O5S. The molecule has 0 amide bonds. The van der Waals surface area contributed by atoms with Crippen LogP contribution in [0.2, 0.25) is 0 Å². The molecule has 0 N–H and O–H groups in total. The minimum Gasteiger partial charge on any atom is -0.339 e. The van der Waals surface area contributed by atoms with Crippen molar-refractivity contribution in [2.45, 2.75) is 30.6 Å². The molecule has 31 heavy (non-hydrogen) atoms. The van der Waals surface area contributed by atoms with Crippen molar-refractivity contribution in [2.24, 2.45) is 0 Å². The second kappa shape index (κ2) is 8.16. The van der Waals surface area contributed by atoms with Crippen LogP contribution in [0.4, 0.5) is 10.1 Å². The average molecular weight is 446 g/mol. The Labute approximate surface area is 177 Å². The molecule has 11 heteroatoms. The number of non-ortho nitro benzene ring substituents is 1. The molecule has 1 aromatic heterocycles. The Balaban J connectivity index is 1.56. The number of piperidine rings is 1. The van der Waals surface area contributed by atoms with E-state index in [0.717, 1.165) is 0 Å².